The normalized spacial score (nSPS) is 0. The molecule has 0 saturated heterocycles. The van der Waals surface area contributed by atoms with Crippen molar-refractivity contribution in [2.75, 3.05) is 0 Å². The van der Waals surface area contributed by atoms with E-state index in [9.17, 15) is 0 Å². The first-order valence-corrected chi connectivity index (χ1v) is 0. The average Bonchev–Trinajstić information content (AvgIpc) is 0. The maximum atomic E-state index is 0. The Morgan fingerprint density at radius 3 is 1.00 bits per heavy atom. The first kappa shape index (κ1) is 48.5. The zero-order valence-electron chi connectivity index (χ0n) is 2.12. The molecule has 24 valence electrons. The van der Waals surface area contributed by atoms with Crippen LogP contribution >= 0.6 is 13.5 Å². The molecule has 0 rings (SSSR count). The summed E-state index contributed by atoms with van der Waals surface area (Å²) in [6.45, 7) is 0. The molecular formula is H4CaO2S. The summed E-state index contributed by atoms with van der Waals surface area (Å²) in [7, 11) is 0. The molecule has 4 heavy (non-hydrogen) atoms. The zero-order chi connectivity index (χ0) is 0. The van der Waals surface area contributed by atoms with Gasteiger partial charge in [0.2, 0.25) is 0 Å². The summed E-state index contributed by atoms with van der Waals surface area (Å²) in [4.78, 5) is 0. The molecule has 0 aromatic rings. The SMILES string of the molecule is O.S.[Ca+2].[O-2]. The van der Waals surface area contributed by atoms with Crippen LogP contribution in [-0.4, -0.2) is 43.2 Å². The van der Waals surface area contributed by atoms with Crippen molar-refractivity contribution in [1.82, 2.24) is 0 Å². The van der Waals surface area contributed by atoms with E-state index in [0.29, 0.717) is 0 Å². The Morgan fingerprint density at radius 2 is 1.00 bits per heavy atom. The van der Waals surface area contributed by atoms with Crippen LogP contribution < -0.4 is 0 Å². The van der Waals surface area contributed by atoms with Crippen LogP contribution in [0.5, 0.6) is 0 Å². The van der Waals surface area contributed by atoms with Crippen LogP contribution in [0.3, 0.4) is 0 Å². The van der Waals surface area contributed by atoms with Gasteiger partial charge in [-0.05, 0) is 0 Å². The number of rotatable bonds is 0. The van der Waals surface area contributed by atoms with Gasteiger partial charge in [0.05, 0.1) is 0 Å². The summed E-state index contributed by atoms with van der Waals surface area (Å²) in [6.07, 6.45) is 0. The molecule has 0 aliphatic carbocycles. The Labute approximate surface area is 61.6 Å². The van der Waals surface area contributed by atoms with Gasteiger partial charge in [0.1, 0.15) is 0 Å². The molecule has 0 bridgehead atoms. The van der Waals surface area contributed by atoms with Gasteiger partial charge in [-0.2, -0.15) is 13.5 Å². The van der Waals surface area contributed by atoms with Crippen molar-refractivity contribution < 1.29 is 11.0 Å². The fourth-order valence-corrected chi connectivity index (χ4v) is 0. The van der Waals surface area contributed by atoms with Crippen molar-refractivity contribution in [3.63, 3.8) is 0 Å². The van der Waals surface area contributed by atoms with Crippen LogP contribution in [0.4, 0.5) is 0 Å². The molecule has 0 spiro atoms. The van der Waals surface area contributed by atoms with E-state index >= 15 is 0 Å². The molecule has 0 heterocycles. The second-order valence-electron chi connectivity index (χ2n) is 0. The molecule has 0 aromatic heterocycles. The summed E-state index contributed by atoms with van der Waals surface area (Å²) >= 11 is 0. The summed E-state index contributed by atoms with van der Waals surface area (Å²) < 4.78 is 0. The predicted molar refractivity (Wildman–Crippen MR) is 20.4 cm³/mol. The van der Waals surface area contributed by atoms with E-state index in [1.54, 1.807) is 0 Å². The average molecular weight is 108 g/mol. The molecule has 0 unspecified atom stereocenters. The Morgan fingerprint density at radius 1 is 1.00 bits per heavy atom. The molecule has 0 amide bonds. The van der Waals surface area contributed by atoms with Gasteiger partial charge >= 0.3 is 37.7 Å². The minimum absolute atomic E-state index is 0. The van der Waals surface area contributed by atoms with Crippen LogP contribution in [0, 0.1) is 0 Å². The van der Waals surface area contributed by atoms with Crippen LogP contribution in [0.25, 0.3) is 0 Å². The molecular weight excluding hydrogens is 104 g/mol. The third-order valence-corrected chi connectivity index (χ3v) is 0. The third-order valence-electron chi connectivity index (χ3n) is 0. The first-order chi connectivity index (χ1) is 0. The largest absolute Gasteiger partial charge is 2.00 e. The van der Waals surface area contributed by atoms with Gasteiger partial charge in [-0.1, -0.05) is 0 Å². The van der Waals surface area contributed by atoms with Crippen molar-refractivity contribution in [1.29, 1.82) is 0 Å². The molecule has 0 radical (unpaired) electrons. The van der Waals surface area contributed by atoms with Crippen LogP contribution in [0.1, 0.15) is 0 Å². The van der Waals surface area contributed by atoms with Gasteiger partial charge < -0.3 is 11.0 Å². The van der Waals surface area contributed by atoms with E-state index in [-0.39, 0.29) is 62.2 Å². The minimum atomic E-state index is 0. The molecule has 0 fully saturated rings. The fraction of sp³-hybridized carbons (Fsp3) is 0. The Kier molecular flexibility index (Phi) is 292. The molecule has 0 saturated carbocycles. The van der Waals surface area contributed by atoms with E-state index in [4.69, 9.17) is 0 Å². The van der Waals surface area contributed by atoms with Crippen molar-refractivity contribution in [3.8, 4) is 0 Å². The molecule has 0 aromatic carbocycles. The molecule has 0 aliphatic heterocycles. The van der Waals surface area contributed by atoms with Crippen molar-refractivity contribution in [3.05, 3.63) is 0 Å². The first-order valence-electron chi connectivity index (χ1n) is 0. The van der Waals surface area contributed by atoms with E-state index in [2.05, 4.69) is 0 Å². The fourth-order valence-electron chi connectivity index (χ4n) is 0. The summed E-state index contributed by atoms with van der Waals surface area (Å²) in [6, 6.07) is 0. The second kappa shape index (κ2) is 24.1. The van der Waals surface area contributed by atoms with Gasteiger partial charge in [0.25, 0.3) is 0 Å². The number of hydrogen-bond acceptors (Lipinski definition) is 0. The minimum Gasteiger partial charge on any atom is -2.00 e. The second-order valence-corrected chi connectivity index (χ2v) is 0. The van der Waals surface area contributed by atoms with Gasteiger partial charge in [-0.15, -0.1) is 0 Å². The standard InChI is InChI=1S/Ca.H2O.O.H2S/h;1H2;;1H2/q+2;;-2;. The summed E-state index contributed by atoms with van der Waals surface area (Å²) in [5, 5.41) is 0. The van der Waals surface area contributed by atoms with E-state index in [0.717, 1.165) is 0 Å². The van der Waals surface area contributed by atoms with Gasteiger partial charge in [0, 0.05) is 0 Å². The Hall–Kier alpha value is 1.53. The van der Waals surface area contributed by atoms with Crippen molar-refractivity contribution in [2.45, 2.75) is 0 Å². The monoisotopic (exact) mass is 108 g/mol. The summed E-state index contributed by atoms with van der Waals surface area (Å²) in [5.41, 5.74) is 0. The zero-order valence-corrected chi connectivity index (χ0v) is 5.32. The molecule has 2 N–H and O–H groups in total. The quantitative estimate of drug-likeness (QED) is 0.350. The molecule has 4 heteroatoms. The topological polar surface area (TPSA) is 60.0 Å². The van der Waals surface area contributed by atoms with Crippen molar-refractivity contribution in [2.24, 2.45) is 0 Å². The maximum absolute atomic E-state index is 0. The smallest absolute Gasteiger partial charge is 2.00 e. The summed E-state index contributed by atoms with van der Waals surface area (Å²) in [5.74, 6) is 0. The van der Waals surface area contributed by atoms with Gasteiger partial charge in [-0.25, -0.2) is 0 Å². The van der Waals surface area contributed by atoms with Gasteiger partial charge in [-0.3, -0.25) is 0 Å². The Bertz CT molecular complexity index is 6.00. The van der Waals surface area contributed by atoms with Crippen LogP contribution in [-0.2, 0) is 5.48 Å². The molecule has 0 aliphatic rings. The molecule has 0 atom stereocenters. The number of hydrogen-bond donors (Lipinski definition) is 0. The van der Waals surface area contributed by atoms with Crippen molar-refractivity contribution >= 4 is 51.2 Å². The van der Waals surface area contributed by atoms with E-state index in [1.165, 1.54) is 0 Å². The Balaban J connectivity index is 0. The van der Waals surface area contributed by atoms with Crippen LogP contribution in [0.15, 0.2) is 0 Å². The maximum Gasteiger partial charge on any atom is 2.00 e. The van der Waals surface area contributed by atoms with Gasteiger partial charge in [0.15, 0.2) is 0 Å². The van der Waals surface area contributed by atoms with E-state index < -0.39 is 0 Å². The predicted octanol–water partition coefficient (Wildman–Crippen LogP) is -1.21. The molecule has 2 nitrogen and oxygen atoms in total. The van der Waals surface area contributed by atoms with Crippen LogP contribution in [0.2, 0.25) is 0 Å². The third kappa shape index (κ3) is 9.65. The van der Waals surface area contributed by atoms with E-state index in [1.807, 2.05) is 0 Å².